The Morgan fingerprint density at radius 3 is 2.23 bits per heavy atom. The Morgan fingerprint density at radius 1 is 0.975 bits per heavy atom. The van der Waals surface area contributed by atoms with E-state index in [9.17, 15) is 4.79 Å². The monoisotopic (exact) mass is 656 g/mol. The number of rotatable bonds is 5. The lowest BCUT2D eigenvalue weighted by molar-refractivity contribution is 0.0515. The van der Waals surface area contributed by atoms with Gasteiger partial charge in [-0.15, -0.1) is 0 Å². The van der Waals surface area contributed by atoms with Crippen molar-refractivity contribution in [3.8, 4) is 11.1 Å². The predicted octanol–water partition coefficient (Wildman–Crippen LogP) is 7.24. The topological polar surface area (TPSA) is 121 Å². The van der Waals surface area contributed by atoms with Gasteiger partial charge in [-0.3, -0.25) is 10.2 Å². The van der Waals surface area contributed by atoms with Crippen molar-refractivity contribution in [1.82, 2.24) is 35.7 Å². The van der Waals surface area contributed by atoms with Gasteiger partial charge < -0.3 is 10.1 Å². The van der Waals surface area contributed by atoms with Crippen molar-refractivity contribution in [2.24, 2.45) is 0 Å². The predicted molar refractivity (Wildman–Crippen MR) is 169 cm³/mol. The summed E-state index contributed by atoms with van der Waals surface area (Å²) >= 11 is 2.28. The number of alkyl carbamates (subject to hydrolysis) is 1. The highest BCUT2D eigenvalue weighted by molar-refractivity contribution is 14.1. The van der Waals surface area contributed by atoms with Gasteiger partial charge in [-0.1, -0.05) is 38.1 Å². The number of aromatic nitrogens is 6. The Bertz CT molecular complexity index is 1640. The van der Waals surface area contributed by atoms with Gasteiger partial charge in [0.25, 0.3) is 0 Å². The first-order chi connectivity index (χ1) is 18.9. The molecule has 0 aliphatic rings. The van der Waals surface area contributed by atoms with Crippen molar-refractivity contribution in [3.63, 3.8) is 0 Å². The highest BCUT2D eigenvalue weighted by Crippen LogP contribution is 2.33. The first kappa shape index (κ1) is 29.4. The number of halogens is 1. The maximum atomic E-state index is 12.1. The largest absolute Gasteiger partial charge is 0.444 e. The van der Waals surface area contributed by atoms with Crippen molar-refractivity contribution >= 4 is 50.8 Å². The van der Waals surface area contributed by atoms with E-state index in [-0.39, 0.29) is 6.84 Å². The van der Waals surface area contributed by atoms with Crippen LogP contribution >= 0.6 is 22.6 Å². The number of H-pyrrole nitrogens is 2. The quantitative estimate of drug-likeness (QED) is 0.172. The van der Waals surface area contributed by atoms with E-state index in [0.717, 1.165) is 51.0 Å². The lowest BCUT2D eigenvalue weighted by atomic mass is 9.79. The Balaban J connectivity index is 0.000000321. The molecule has 0 aliphatic heterocycles. The first-order valence-corrected chi connectivity index (χ1v) is 14.3. The van der Waals surface area contributed by atoms with Gasteiger partial charge in [-0.2, -0.15) is 10.2 Å². The van der Waals surface area contributed by atoms with Crippen LogP contribution in [0, 0.1) is 17.4 Å². The van der Waals surface area contributed by atoms with Crippen LogP contribution in [-0.2, 0) is 10.2 Å². The van der Waals surface area contributed by atoms with Gasteiger partial charge in [0.05, 0.1) is 5.39 Å². The van der Waals surface area contributed by atoms with Gasteiger partial charge in [-0.25, -0.2) is 14.8 Å². The minimum atomic E-state index is -0.512. The fraction of sp³-hybridized carbons (Fsp3) is 0.367. The van der Waals surface area contributed by atoms with E-state index in [1.807, 2.05) is 46.8 Å². The molecule has 9 nitrogen and oxygen atoms in total. The molecule has 0 aliphatic carbocycles. The summed E-state index contributed by atoms with van der Waals surface area (Å²) in [5, 5.41) is 19.3. The molecule has 212 valence electrons. The van der Waals surface area contributed by atoms with E-state index in [4.69, 9.17) is 4.74 Å². The van der Waals surface area contributed by atoms with Crippen molar-refractivity contribution in [2.45, 2.75) is 65.9 Å². The number of carbonyl (C=O) groups excluding carboxylic acids is 1. The molecule has 0 saturated carbocycles. The number of aryl methyl sites for hydroxylation is 2. The SMILES string of the molecule is CCC(C)(CNC(=O)OC(C)(C)C)c1cccc(-c2ccnc3n[nH]c(C)c23)c1.Cc1[nH]nc2nccc(I)c12.[2HH]. The van der Waals surface area contributed by atoms with Crippen LogP contribution < -0.4 is 5.32 Å². The van der Waals surface area contributed by atoms with Crippen molar-refractivity contribution in [1.29, 1.82) is 0 Å². The molecule has 3 N–H and O–H groups in total. The van der Waals surface area contributed by atoms with E-state index in [2.05, 4.69) is 96.4 Å². The summed E-state index contributed by atoms with van der Waals surface area (Å²) in [6, 6.07) is 12.5. The summed E-state index contributed by atoms with van der Waals surface area (Å²) in [6.07, 6.45) is 4.04. The molecule has 5 aromatic rings. The normalized spacial score (nSPS) is 13.0. The summed E-state index contributed by atoms with van der Waals surface area (Å²) in [6.45, 7) is 14.4. The molecule has 5 rings (SSSR count). The number of fused-ring (bicyclic) bond motifs is 2. The number of nitrogens with zero attached hydrogens (tertiary/aromatic N) is 4. The summed E-state index contributed by atoms with van der Waals surface area (Å²) in [4.78, 5) is 20.6. The van der Waals surface area contributed by atoms with Crippen molar-refractivity contribution in [2.75, 3.05) is 6.54 Å². The number of ether oxygens (including phenoxy) is 1. The number of nitrogens with one attached hydrogen (secondary N) is 3. The Kier molecular flexibility index (Phi) is 8.77. The fourth-order valence-electron chi connectivity index (χ4n) is 4.47. The van der Waals surface area contributed by atoms with Crippen LogP contribution in [-0.4, -0.2) is 48.6 Å². The first-order valence-electron chi connectivity index (χ1n) is 13.2. The lowest BCUT2D eigenvalue weighted by Gasteiger charge is -2.30. The third-order valence-electron chi connectivity index (χ3n) is 6.89. The maximum Gasteiger partial charge on any atom is 0.407 e. The third kappa shape index (κ3) is 6.60. The number of benzene rings is 1. The Hall–Kier alpha value is -3.54. The molecule has 4 heterocycles. The second-order valence-corrected chi connectivity index (χ2v) is 12.3. The molecule has 0 bridgehead atoms. The van der Waals surface area contributed by atoms with Gasteiger partial charge in [0, 0.05) is 46.1 Å². The molecule has 4 aromatic heterocycles. The molecule has 0 radical (unpaired) electrons. The zero-order valence-corrected chi connectivity index (χ0v) is 26.2. The lowest BCUT2D eigenvalue weighted by Crippen LogP contribution is -2.41. The number of aromatic amines is 2. The highest BCUT2D eigenvalue weighted by Gasteiger charge is 2.27. The minimum absolute atomic E-state index is 0. The van der Waals surface area contributed by atoms with Gasteiger partial charge in [0.1, 0.15) is 5.60 Å². The average Bonchev–Trinajstić information content (AvgIpc) is 3.50. The highest BCUT2D eigenvalue weighted by atomic mass is 127. The van der Waals surface area contributed by atoms with Gasteiger partial charge in [0.2, 0.25) is 0 Å². The van der Waals surface area contributed by atoms with Crippen LogP contribution in [0.15, 0.2) is 48.8 Å². The number of hydrogen-bond acceptors (Lipinski definition) is 6. The molecule has 1 amide bonds. The number of hydrogen-bond donors (Lipinski definition) is 3. The van der Waals surface area contributed by atoms with Crippen molar-refractivity contribution in [3.05, 3.63) is 69.3 Å². The number of amides is 1. The molecule has 1 atom stereocenters. The maximum absolute atomic E-state index is 12.1. The molecule has 1 aromatic carbocycles. The van der Waals surface area contributed by atoms with Crippen LogP contribution in [0.25, 0.3) is 33.2 Å². The zero-order valence-electron chi connectivity index (χ0n) is 24.0. The third-order valence-corrected chi connectivity index (χ3v) is 7.79. The molecular formula is C30H38IN7O2. The smallest absolute Gasteiger partial charge is 0.407 e. The van der Waals surface area contributed by atoms with Crippen LogP contribution in [0.1, 0.15) is 59.4 Å². The second kappa shape index (κ2) is 11.9. The van der Waals surface area contributed by atoms with Crippen molar-refractivity contribution < 1.29 is 11.0 Å². The molecule has 10 heteroatoms. The molecular weight excluding hydrogens is 617 g/mol. The summed E-state index contributed by atoms with van der Waals surface area (Å²) in [7, 11) is 0. The van der Waals surface area contributed by atoms with Gasteiger partial charge in [0.15, 0.2) is 11.3 Å². The minimum Gasteiger partial charge on any atom is -0.444 e. The van der Waals surface area contributed by atoms with Crippen LogP contribution in [0.4, 0.5) is 4.79 Å². The van der Waals surface area contributed by atoms with E-state index in [1.54, 1.807) is 12.4 Å². The Labute approximate surface area is 249 Å². The second-order valence-electron chi connectivity index (χ2n) is 11.1. The fourth-order valence-corrected chi connectivity index (χ4v) is 5.27. The average molecular weight is 657 g/mol. The summed E-state index contributed by atoms with van der Waals surface area (Å²) in [5.41, 5.74) is 6.24. The number of pyridine rings is 2. The molecule has 0 fully saturated rings. The van der Waals surface area contributed by atoms with Crippen LogP contribution in [0.3, 0.4) is 0 Å². The van der Waals surface area contributed by atoms with Gasteiger partial charge in [-0.05, 0) is 92.5 Å². The molecule has 40 heavy (non-hydrogen) atoms. The molecule has 1 unspecified atom stereocenters. The Morgan fingerprint density at radius 2 is 1.60 bits per heavy atom. The van der Waals surface area contributed by atoms with E-state index < -0.39 is 11.7 Å². The van der Waals surface area contributed by atoms with E-state index >= 15 is 0 Å². The molecule has 0 spiro atoms. The van der Waals surface area contributed by atoms with Crippen LogP contribution in [0.2, 0.25) is 0 Å². The summed E-state index contributed by atoms with van der Waals surface area (Å²) < 4.78 is 6.58. The number of carbonyl (C=O) groups is 1. The molecule has 0 saturated heterocycles. The standard InChI is InChI=1S/C23H30N4O2.C7H6IN3.H2/c1-7-23(6,14-25-21(28)29-22(3,4)5)17-10-8-9-16(13-17)18-11-12-24-20-19(18)15(2)26-27-20;1-4-6-5(8)2-3-9-7(6)11-10-4;/h8-13H,7,14H2,1-6H3,(H,25,28)(H,24,26,27);2-3H,1H3,(H,9,10,11);1H/i;;1+1. The van der Waals surface area contributed by atoms with E-state index in [0.29, 0.717) is 6.54 Å². The summed E-state index contributed by atoms with van der Waals surface area (Å²) in [5.74, 6) is 0. The van der Waals surface area contributed by atoms with E-state index in [1.165, 1.54) is 9.13 Å². The van der Waals surface area contributed by atoms with Crippen LogP contribution in [0.5, 0.6) is 0 Å². The van der Waals surface area contributed by atoms with Gasteiger partial charge >= 0.3 is 6.09 Å². The zero-order chi connectivity index (χ0) is 29.1.